The van der Waals surface area contributed by atoms with Gasteiger partial charge in [-0.15, -0.1) is 5.10 Å². The molecule has 16 heteroatoms. The third kappa shape index (κ3) is 4.22. The summed E-state index contributed by atoms with van der Waals surface area (Å²) in [4.78, 5) is 23.9. The number of aliphatic imine (C=N–C) groups is 1. The molecule has 0 spiro atoms. The minimum Gasteiger partial charge on any atom is -0.496 e. The Hall–Kier alpha value is -2.96. The minimum atomic E-state index is -2.17. The predicted molar refractivity (Wildman–Crippen MR) is 145 cm³/mol. The first-order chi connectivity index (χ1) is 18.9. The van der Waals surface area contributed by atoms with Crippen LogP contribution in [0.2, 0.25) is 0 Å². The van der Waals surface area contributed by atoms with E-state index in [1.54, 1.807) is 11.8 Å². The topological polar surface area (TPSA) is 91.1 Å². The number of fused-ring (bicyclic) bond motifs is 5. The van der Waals surface area contributed by atoms with Crippen molar-refractivity contribution in [1.82, 2.24) is 19.7 Å². The quantitative estimate of drug-likeness (QED) is 0.451. The molecule has 8 radical (unpaired) electrons. The summed E-state index contributed by atoms with van der Waals surface area (Å²) in [6.07, 6.45) is -0.0437. The molecule has 1 fully saturated rings. The number of carbonyl (C=O) groups is 1. The Kier molecular flexibility index (Phi) is 6.50. The molecule has 0 N–H and O–H groups in total. The van der Waals surface area contributed by atoms with E-state index >= 15 is 8.78 Å². The third-order valence-corrected chi connectivity index (χ3v) is 8.05. The first-order valence-electron chi connectivity index (χ1n) is 12.5. The number of hydrogen-bond donors (Lipinski definition) is 0. The lowest BCUT2D eigenvalue weighted by Crippen LogP contribution is -2.61. The molecule has 3 aliphatic rings. The molecular formula is C24H19B4F2N5O4S. The third-order valence-electron chi connectivity index (χ3n) is 6.97. The Morgan fingerprint density at radius 1 is 1.18 bits per heavy atom. The van der Waals surface area contributed by atoms with Crippen molar-refractivity contribution in [2.75, 3.05) is 19.7 Å². The number of carbonyl (C=O) groups excluding carboxylic acids is 1. The molecule has 1 aromatic carbocycles. The summed E-state index contributed by atoms with van der Waals surface area (Å²) in [6, 6.07) is 2.74. The Morgan fingerprint density at radius 2 is 1.88 bits per heavy atom. The number of rotatable bonds is 4. The molecule has 0 saturated carbocycles. The van der Waals surface area contributed by atoms with E-state index in [-0.39, 0.29) is 52.2 Å². The van der Waals surface area contributed by atoms with Crippen molar-refractivity contribution in [2.45, 2.75) is 43.4 Å². The van der Waals surface area contributed by atoms with Crippen LogP contribution >= 0.6 is 11.3 Å². The number of likely N-dealkylation sites (tertiary alicyclic amines) is 1. The van der Waals surface area contributed by atoms with E-state index in [9.17, 15) is 4.79 Å². The molecule has 0 unspecified atom stereocenters. The summed E-state index contributed by atoms with van der Waals surface area (Å²) >= 11 is 0.999. The molecule has 5 heterocycles. The summed E-state index contributed by atoms with van der Waals surface area (Å²) in [7, 11) is 24.0. The lowest BCUT2D eigenvalue weighted by atomic mass is 9.42. The molecule has 0 bridgehead atoms. The van der Waals surface area contributed by atoms with Crippen molar-refractivity contribution in [1.29, 1.82) is 0 Å². The number of amides is 1. The number of aromatic nitrogens is 3. The second kappa shape index (κ2) is 9.56. The Labute approximate surface area is 237 Å². The number of thiophene rings is 1. The average molecular weight is 555 g/mol. The van der Waals surface area contributed by atoms with Gasteiger partial charge >= 0.3 is 0 Å². The van der Waals surface area contributed by atoms with Gasteiger partial charge in [0.15, 0.2) is 10.9 Å². The number of benzene rings is 1. The summed E-state index contributed by atoms with van der Waals surface area (Å²) in [5.74, 6) is -1.85. The highest BCUT2D eigenvalue weighted by molar-refractivity contribution is 7.17. The summed E-state index contributed by atoms with van der Waals surface area (Å²) in [5, 5.41) is 0.663. The molecule has 2 aromatic heterocycles. The van der Waals surface area contributed by atoms with Crippen molar-refractivity contribution < 1.29 is 27.8 Å². The van der Waals surface area contributed by atoms with Crippen molar-refractivity contribution in [3.8, 4) is 10.1 Å². The van der Waals surface area contributed by atoms with Crippen LogP contribution in [-0.4, -0.2) is 99.3 Å². The molecule has 1 amide bonds. The Balaban J connectivity index is 1.51. The molecule has 1 saturated heterocycles. The lowest BCUT2D eigenvalue weighted by Gasteiger charge is -2.41. The number of nitrogens with zero attached hydrogens (tertiary/aromatic N) is 5. The zero-order valence-corrected chi connectivity index (χ0v) is 22.4. The summed E-state index contributed by atoms with van der Waals surface area (Å²) < 4.78 is 48.6. The van der Waals surface area contributed by atoms with Gasteiger partial charge in [0.05, 0.1) is 24.0 Å². The van der Waals surface area contributed by atoms with Crippen molar-refractivity contribution in [3.05, 3.63) is 58.2 Å². The SMILES string of the molecule is [B]C1([B])OCc2c(sc3c2C(c2c(F)cccc2F)=N[C@@H](C)c2nc(C(=O)N4CC(OCC)C4)nn2-3)OC1([B])[B]. The fraction of sp³-hybridized carbons (Fsp3) is 0.417. The number of ether oxygens (including phenoxy) is 3. The molecule has 1 atom stereocenters. The Bertz CT molecular complexity index is 1540. The van der Waals surface area contributed by atoms with Crippen LogP contribution in [0, 0.1) is 11.6 Å². The monoisotopic (exact) mass is 555 g/mol. The van der Waals surface area contributed by atoms with E-state index in [1.807, 2.05) is 6.92 Å². The van der Waals surface area contributed by atoms with E-state index in [2.05, 4.69) is 15.1 Å². The van der Waals surface area contributed by atoms with Gasteiger partial charge in [0, 0.05) is 41.6 Å². The number of hydrogen-bond acceptors (Lipinski definition) is 8. The summed E-state index contributed by atoms with van der Waals surface area (Å²) in [5.41, 5.74) is 0.118. The zero-order valence-electron chi connectivity index (χ0n) is 21.6. The van der Waals surface area contributed by atoms with Crippen molar-refractivity contribution >= 4 is 54.3 Å². The van der Waals surface area contributed by atoms with Crippen LogP contribution in [0.4, 0.5) is 8.78 Å². The fourth-order valence-electron chi connectivity index (χ4n) is 4.73. The maximum atomic E-state index is 15.1. The highest BCUT2D eigenvalue weighted by Gasteiger charge is 2.44. The van der Waals surface area contributed by atoms with Gasteiger partial charge in [-0.05, 0) is 26.0 Å². The molecule has 3 aromatic rings. The molecule has 9 nitrogen and oxygen atoms in total. The average Bonchev–Trinajstić information content (AvgIpc) is 3.40. The van der Waals surface area contributed by atoms with Crippen LogP contribution in [0.3, 0.4) is 0 Å². The Morgan fingerprint density at radius 3 is 2.55 bits per heavy atom. The minimum absolute atomic E-state index is 0.0357. The van der Waals surface area contributed by atoms with Gasteiger partial charge in [0.2, 0.25) is 5.82 Å². The van der Waals surface area contributed by atoms with Crippen LogP contribution in [0.15, 0.2) is 23.2 Å². The fourth-order valence-corrected chi connectivity index (χ4v) is 5.91. The highest BCUT2D eigenvalue weighted by atomic mass is 32.1. The number of halogens is 2. The maximum absolute atomic E-state index is 15.1. The zero-order chi connectivity index (χ0) is 28.6. The van der Waals surface area contributed by atoms with Crippen LogP contribution in [0.5, 0.6) is 5.06 Å². The summed E-state index contributed by atoms with van der Waals surface area (Å²) in [6.45, 7) is 4.66. The molecule has 0 aliphatic carbocycles. The van der Waals surface area contributed by atoms with E-state index < -0.39 is 28.5 Å². The van der Waals surface area contributed by atoms with Gasteiger partial charge in [-0.1, -0.05) is 17.4 Å². The van der Waals surface area contributed by atoms with Gasteiger partial charge in [-0.25, -0.2) is 18.4 Å². The van der Waals surface area contributed by atoms with E-state index in [4.69, 9.17) is 45.6 Å². The van der Waals surface area contributed by atoms with Gasteiger partial charge < -0.3 is 19.1 Å². The highest BCUT2D eigenvalue weighted by Crippen LogP contribution is 2.46. The lowest BCUT2D eigenvalue weighted by molar-refractivity contribution is -0.0382. The first kappa shape index (κ1) is 27.2. The smallest absolute Gasteiger partial charge is 0.293 e. The first-order valence-corrected chi connectivity index (χ1v) is 13.3. The van der Waals surface area contributed by atoms with Gasteiger partial charge in [-0.3, -0.25) is 9.79 Å². The second-order valence-corrected chi connectivity index (χ2v) is 10.7. The van der Waals surface area contributed by atoms with Crippen LogP contribution in [-0.2, 0) is 16.1 Å². The van der Waals surface area contributed by atoms with E-state index in [1.165, 1.54) is 10.7 Å². The standard InChI is InChI=1S/C24H19B4F2N5O4S/c1-3-37-11-7-34(8-11)20(36)18-32-19-10(2)31-17(16-13(29)5-4-6-14(16)30)15-12-9-38-23(25,26)24(27,28)39-22(12)40-21(15)35(19)33-18/h4-6,10-11H,3,7-9H2,1-2H3/t10-/m0/s1. The van der Waals surface area contributed by atoms with Crippen molar-refractivity contribution in [3.63, 3.8) is 0 Å². The second-order valence-electron chi connectivity index (χ2n) is 9.77. The molecule has 3 aliphatic heterocycles. The molecule has 196 valence electrons. The maximum Gasteiger partial charge on any atom is 0.293 e. The van der Waals surface area contributed by atoms with Crippen LogP contribution in [0.1, 0.15) is 53.0 Å². The van der Waals surface area contributed by atoms with E-state index in [0.29, 0.717) is 30.3 Å². The van der Waals surface area contributed by atoms with Crippen molar-refractivity contribution in [2.24, 2.45) is 4.99 Å². The van der Waals surface area contributed by atoms with E-state index in [0.717, 1.165) is 23.5 Å². The molecule has 40 heavy (non-hydrogen) atoms. The normalized spacial score (nSPS) is 21.1. The van der Waals surface area contributed by atoms with Crippen LogP contribution < -0.4 is 4.74 Å². The molecular weight excluding hydrogens is 536 g/mol. The van der Waals surface area contributed by atoms with Gasteiger partial charge in [-0.2, -0.15) is 0 Å². The van der Waals surface area contributed by atoms with Gasteiger partial charge in [0.1, 0.15) is 54.1 Å². The molecule has 6 rings (SSSR count). The van der Waals surface area contributed by atoms with Gasteiger partial charge in [0.25, 0.3) is 5.91 Å². The van der Waals surface area contributed by atoms with Crippen LogP contribution in [0.25, 0.3) is 5.00 Å². The largest absolute Gasteiger partial charge is 0.496 e. The predicted octanol–water partition coefficient (Wildman–Crippen LogP) is 1.27.